The van der Waals surface area contributed by atoms with Crippen LogP contribution in [0.4, 0.5) is 0 Å². The lowest BCUT2D eigenvalue weighted by atomic mass is 10.2. The predicted octanol–water partition coefficient (Wildman–Crippen LogP) is -0.604. The van der Waals surface area contributed by atoms with Crippen LogP contribution in [0.15, 0.2) is 0 Å². The average Bonchev–Trinajstić information content (AvgIpc) is 2.29. The molecular formula is C12H23N3O3. The van der Waals surface area contributed by atoms with Crippen molar-refractivity contribution in [2.24, 2.45) is 0 Å². The fourth-order valence-corrected chi connectivity index (χ4v) is 1.74. The zero-order chi connectivity index (χ0) is 13.4. The second kappa shape index (κ2) is 8.05. The fourth-order valence-electron chi connectivity index (χ4n) is 1.74. The summed E-state index contributed by atoms with van der Waals surface area (Å²) in [4.78, 5) is 22.9. The van der Waals surface area contributed by atoms with Gasteiger partial charge in [-0.1, -0.05) is 0 Å². The van der Waals surface area contributed by atoms with E-state index < -0.39 is 0 Å². The van der Waals surface area contributed by atoms with Crippen LogP contribution in [-0.2, 0) is 14.3 Å². The molecule has 1 fully saturated rings. The number of hydrogen-bond donors (Lipinski definition) is 3. The predicted molar refractivity (Wildman–Crippen MR) is 68.1 cm³/mol. The topological polar surface area (TPSA) is 79.5 Å². The summed E-state index contributed by atoms with van der Waals surface area (Å²) in [5, 5.41) is 8.67. The molecular weight excluding hydrogens is 234 g/mol. The third-order valence-corrected chi connectivity index (χ3v) is 2.54. The summed E-state index contributed by atoms with van der Waals surface area (Å²) >= 11 is 0. The molecule has 0 saturated carbocycles. The van der Waals surface area contributed by atoms with Crippen molar-refractivity contribution >= 4 is 11.8 Å². The molecule has 6 nitrogen and oxygen atoms in total. The third kappa shape index (κ3) is 6.56. The first-order valence-corrected chi connectivity index (χ1v) is 6.46. The van der Waals surface area contributed by atoms with Crippen LogP contribution >= 0.6 is 0 Å². The molecule has 1 saturated heterocycles. The van der Waals surface area contributed by atoms with Crippen molar-refractivity contribution in [3.63, 3.8) is 0 Å². The minimum absolute atomic E-state index is 0.0408. The van der Waals surface area contributed by atoms with Gasteiger partial charge in [-0.25, -0.2) is 0 Å². The van der Waals surface area contributed by atoms with E-state index in [0.29, 0.717) is 32.5 Å². The van der Waals surface area contributed by atoms with Gasteiger partial charge in [-0.3, -0.25) is 9.59 Å². The Morgan fingerprint density at radius 2 is 2.17 bits per heavy atom. The number of carbonyl (C=O) groups excluding carboxylic acids is 2. The highest BCUT2D eigenvalue weighted by molar-refractivity contribution is 5.79. The van der Waals surface area contributed by atoms with Gasteiger partial charge in [0, 0.05) is 32.1 Å². The summed E-state index contributed by atoms with van der Waals surface area (Å²) in [7, 11) is 0. The molecule has 1 rings (SSSR count). The van der Waals surface area contributed by atoms with E-state index in [-0.39, 0.29) is 24.0 Å². The molecule has 1 aliphatic rings. The van der Waals surface area contributed by atoms with E-state index in [1.54, 1.807) is 0 Å². The first-order valence-electron chi connectivity index (χ1n) is 6.46. The molecule has 2 amide bonds. The summed E-state index contributed by atoms with van der Waals surface area (Å²) in [6, 6.07) is 0.134. The Morgan fingerprint density at radius 3 is 2.78 bits per heavy atom. The normalized spacial score (nSPS) is 19.6. The standard InChI is InChI=1S/C12H23N3O3/c1-9(2)15-11(16)3-4-14-12(17)7-10-8-13-5-6-18-10/h9-10,13H,3-8H2,1-2H3,(H,14,17)(H,15,16). The molecule has 1 heterocycles. The third-order valence-electron chi connectivity index (χ3n) is 2.54. The van der Waals surface area contributed by atoms with Gasteiger partial charge in [0.05, 0.1) is 19.1 Å². The highest BCUT2D eigenvalue weighted by Crippen LogP contribution is 2.00. The highest BCUT2D eigenvalue weighted by atomic mass is 16.5. The van der Waals surface area contributed by atoms with Crippen LogP contribution < -0.4 is 16.0 Å². The molecule has 6 heteroatoms. The molecule has 0 radical (unpaired) electrons. The smallest absolute Gasteiger partial charge is 0.222 e. The molecule has 0 aromatic carbocycles. The molecule has 1 atom stereocenters. The number of ether oxygens (including phenoxy) is 1. The number of rotatable bonds is 6. The van der Waals surface area contributed by atoms with Crippen LogP contribution in [0.3, 0.4) is 0 Å². The van der Waals surface area contributed by atoms with Gasteiger partial charge in [0.25, 0.3) is 0 Å². The lowest BCUT2D eigenvalue weighted by Gasteiger charge is -2.23. The molecule has 0 spiro atoms. The molecule has 0 aliphatic carbocycles. The molecule has 104 valence electrons. The summed E-state index contributed by atoms with van der Waals surface area (Å²) < 4.78 is 5.43. The van der Waals surface area contributed by atoms with Crippen molar-refractivity contribution in [1.29, 1.82) is 0 Å². The Labute approximate surface area is 108 Å². The zero-order valence-electron chi connectivity index (χ0n) is 11.1. The maximum absolute atomic E-state index is 11.6. The van der Waals surface area contributed by atoms with Crippen molar-refractivity contribution in [3.05, 3.63) is 0 Å². The van der Waals surface area contributed by atoms with Crippen molar-refractivity contribution in [2.45, 2.75) is 38.8 Å². The van der Waals surface area contributed by atoms with Gasteiger partial charge in [0.15, 0.2) is 0 Å². The van der Waals surface area contributed by atoms with Gasteiger partial charge >= 0.3 is 0 Å². The number of morpholine rings is 1. The van der Waals surface area contributed by atoms with Crippen LogP contribution in [0, 0.1) is 0 Å². The van der Waals surface area contributed by atoms with Crippen LogP contribution in [0.1, 0.15) is 26.7 Å². The van der Waals surface area contributed by atoms with E-state index in [0.717, 1.165) is 6.54 Å². The average molecular weight is 257 g/mol. The summed E-state index contributed by atoms with van der Waals surface area (Å²) in [5.41, 5.74) is 0. The maximum atomic E-state index is 11.6. The van der Waals surface area contributed by atoms with Crippen LogP contribution in [0.25, 0.3) is 0 Å². The second-order valence-electron chi connectivity index (χ2n) is 4.72. The Balaban J connectivity index is 2.07. The zero-order valence-corrected chi connectivity index (χ0v) is 11.1. The lowest BCUT2D eigenvalue weighted by molar-refractivity contribution is -0.124. The molecule has 1 aliphatic heterocycles. The maximum Gasteiger partial charge on any atom is 0.222 e. The molecule has 18 heavy (non-hydrogen) atoms. The van der Waals surface area contributed by atoms with Crippen LogP contribution in [0.2, 0.25) is 0 Å². The number of nitrogens with one attached hydrogen (secondary N) is 3. The van der Waals surface area contributed by atoms with E-state index in [1.165, 1.54) is 0 Å². The van der Waals surface area contributed by atoms with Crippen LogP contribution in [0.5, 0.6) is 0 Å². The first kappa shape index (κ1) is 14.9. The van der Waals surface area contributed by atoms with Crippen molar-refractivity contribution in [2.75, 3.05) is 26.2 Å². The largest absolute Gasteiger partial charge is 0.375 e. The molecule has 3 N–H and O–H groups in total. The van der Waals surface area contributed by atoms with Gasteiger partial charge in [0.2, 0.25) is 11.8 Å². The van der Waals surface area contributed by atoms with E-state index in [9.17, 15) is 9.59 Å². The van der Waals surface area contributed by atoms with E-state index in [1.807, 2.05) is 13.8 Å². The molecule has 0 aromatic rings. The SMILES string of the molecule is CC(C)NC(=O)CCNC(=O)CC1CNCCO1. The van der Waals surface area contributed by atoms with Gasteiger partial charge in [-0.15, -0.1) is 0 Å². The van der Waals surface area contributed by atoms with Crippen molar-refractivity contribution in [1.82, 2.24) is 16.0 Å². The Morgan fingerprint density at radius 1 is 1.39 bits per heavy atom. The van der Waals surface area contributed by atoms with Crippen LogP contribution in [-0.4, -0.2) is 50.2 Å². The first-order chi connectivity index (χ1) is 8.58. The molecule has 1 unspecified atom stereocenters. The second-order valence-corrected chi connectivity index (χ2v) is 4.72. The fraction of sp³-hybridized carbons (Fsp3) is 0.833. The van der Waals surface area contributed by atoms with E-state index in [4.69, 9.17) is 4.74 Å². The van der Waals surface area contributed by atoms with Gasteiger partial charge in [-0.05, 0) is 13.8 Å². The van der Waals surface area contributed by atoms with E-state index >= 15 is 0 Å². The molecule has 0 aromatic heterocycles. The summed E-state index contributed by atoms with van der Waals surface area (Å²) in [5.74, 6) is -0.109. The summed E-state index contributed by atoms with van der Waals surface area (Å²) in [6.07, 6.45) is 0.607. The van der Waals surface area contributed by atoms with E-state index in [2.05, 4.69) is 16.0 Å². The number of hydrogen-bond acceptors (Lipinski definition) is 4. The van der Waals surface area contributed by atoms with Gasteiger partial charge in [0.1, 0.15) is 0 Å². The Hall–Kier alpha value is -1.14. The van der Waals surface area contributed by atoms with Crippen molar-refractivity contribution < 1.29 is 14.3 Å². The van der Waals surface area contributed by atoms with Gasteiger partial charge in [-0.2, -0.15) is 0 Å². The van der Waals surface area contributed by atoms with Crippen molar-refractivity contribution in [3.8, 4) is 0 Å². The Bertz CT molecular complexity index is 276. The highest BCUT2D eigenvalue weighted by Gasteiger charge is 2.17. The Kier molecular flexibility index (Phi) is 6.67. The number of amides is 2. The minimum Gasteiger partial charge on any atom is -0.375 e. The summed E-state index contributed by atoms with van der Waals surface area (Å²) in [6.45, 7) is 6.38. The van der Waals surface area contributed by atoms with Gasteiger partial charge < -0.3 is 20.7 Å². The number of carbonyl (C=O) groups is 2. The quantitative estimate of drug-likeness (QED) is 0.593. The monoisotopic (exact) mass is 257 g/mol. The molecule has 0 bridgehead atoms. The lowest BCUT2D eigenvalue weighted by Crippen LogP contribution is -2.42. The minimum atomic E-state index is -0.0685.